The molecule has 0 radical (unpaired) electrons. The Morgan fingerprint density at radius 1 is 1.10 bits per heavy atom. The van der Waals surface area contributed by atoms with E-state index in [1.807, 2.05) is 43.3 Å². The molecule has 3 N–H and O–H groups in total. The van der Waals surface area contributed by atoms with Crippen LogP contribution in [0.25, 0.3) is 0 Å². The van der Waals surface area contributed by atoms with Crippen LogP contribution in [-0.2, 0) is 26.0 Å². The lowest BCUT2D eigenvalue weighted by Crippen LogP contribution is -2.50. The van der Waals surface area contributed by atoms with Crippen LogP contribution in [0.4, 0.5) is 0 Å². The van der Waals surface area contributed by atoms with E-state index in [9.17, 15) is 18.0 Å². The predicted octanol–water partition coefficient (Wildman–Crippen LogP) is 1.92. The predicted molar refractivity (Wildman–Crippen MR) is 119 cm³/mol. The largest absolute Gasteiger partial charge is 0.368 e. The Bertz CT molecular complexity index is 1050. The third-order valence-corrected chi connectivity index (χ3v) is 7.77. The molecule has 8 heteroatoms. The highest BCUT2D eigenvalue weighted by Gasteiger charge is 2.33. The van der Waals surface area contributed by atoms with E-state index in [1.54, 1.807) is 19.1 Å². The number of hydrogen-bond donors (Lipinski definition) is 2. The molecule has 7 nitrogen and oxygen atoms in total. The van der Waals surface area contributed by atoms with Crippen molar-refractivity contribution in [3.63, 3.8) is 0 Å². The highest BCUT2D eigenvalue weighted by molar-refractivity contribution is 7.89. The van der Waals surface area contributed by atoms with Crippen molar-refractivity contribution in [2.45, 2.75) is 44.0 Å². The van der Waals surface area contributed by atoms with E-state index in [1.165, 1.54) is 4.31 Å². The van der Waals surface area contributed by atoms with Crippen LogP contribution in [0.1, 0.15) is 29.5 Å². The summed E-state index contributed by atoms with van der Waals surface area (Å²) < 4.78 is 27.5. The summed E-state index contributed by atoms with van der Waals surface area (Å²) in [6.45, 7) is 4.22. The summed E-state index contributed by atoms with van der Waals surface area (Å²) in [4.78, 5) is 24.9. The molecule has 1 heterocycles. The Morgan fingerprint density at radius 3 is 2.32 bits per heavy atom. The Labute approximate surface area is 183 Å². The summed E-state index contributed by atoms with van der Waals surface area (Å²) in [7, 11) is -3.61. The van der Waals surface area contributed by atoms with Crippen LogP contribution in [-0.4, -0.2) is 43.7 Å². The van der Waals surface area contributed by atoms with Gasteiger partial charge in [0.1, 0.15) is 6.04 Å². The number of amides is 2. The van der Waals surface area contributed by atoms with Gasteiger partial charge in [-0.15, -0.1) is 0 Å². The number of primary amides is 1. The maximum absolute atomic E-state index is 13.0. The molecule has 0 aliphatic carbocycles. The van der Waals surface area contributed by atoms with Crippen molar-refractivity contribution in [3.05, 3.63) is 65.2 Å². The summed E-state index contributed by atoms with van der Waals surface area (Å²) in [5.74, 6) is -1.21. The van der Waals surface area contributed by atoms with Crippen LogP contribution in [0, 0.1) is 19.8 Å². The Hall–Kier alpha value is -2.71. The number of nitrogens with zero attached hydrogens (tertiary/aromatic N) is 1. The van der Waals surface area contributed by atoms with Crippen LogP contribution in [0.5, 0.6) is 0 Å². The van der Waals surface area contributed by atoms with Crippen LogP contribution in [0.3, 0.4) is 0 Å². The minimum Gasteiger partial charge on any atom is -0.368 e. The quantitative estimate of drug-likeness (QED) is 0.681. The summed E-state index contributed by atoms with van der Waals surface area (Å²) in [5.41, 5.74) is 8.11. The van der Waals surface area contributed by atoms with Gasteiger partial charge in [0, 0.05) is 25.4 Å². The van der Waals surface area contributed by atoms with Crippen LogP contribution < -0.4 is 11.1 Å². The van der Waals surface area contributed by atoms with Crippen molar-refractivity contribution < 1.29 is 18.0 Å². The zero-order valence-corrected chi connectivity index (χ0v) is 18.7. The molecule has 1 unspecified atom stereocenters. The molecular formula is C23H29N3O4S. The number of rotatable bonds is 7. The number of carbonyl (C=O) groups is 2. The normalized spacial score (nSPS) is 16.6. The topological polar surface area (TPSA) is 110 Å². The summed E-state index contributed by atoms with van der Waals surface area (Å²) in [6.07, 6.45) is 1.11. The van der Waals surface area contributed by atoms with Gasteiger partial charge in [-0.25, -0.2) is 8.42 Å². The van der Waals surface area contributed by atoms with Crippen LogP contribution in [0.15, 0.2) is 53.4 Å². The average molecular weight is 444 g/mol. The second-order valence-electron chi connectivity index (χ2n) is 8.10. The average Bonchev–Trinajstić information content (AvgIpc) is 2.73. The molecule has 0 aromatic heterocycles. The number of nitrogens with two attached hydrogens (primary N) is 1. The molecular weight excluding hydrogens is 414 g/mol. The molecule has 1 saturated heterocycles. The van der Waals surface area contributed by atoms with Gasteiger partial charge in [0.2, 0.25) is 21.8 Å². The SMILES string of the molecule is Cc1ccc(S(=O)(=O)N2CCC(C(=O)NC(Cc3ccccc3)C(N)=O)CC2)c(C)c1. The fourth-order valence-corrected chi connectivity index (χ4v) is 5.62. The maximum Gasteiger partial charge on any atom is 0.243 e. The fourth-order valence-electron chi connectivity index (χ4n) is 3.95. The fraction of sp³-hybridized carbons (Fsp3) is 0.391. The minimum absolute atomic E-state index is 0.258. The van der Waals surface area contributed by atoms with Crippen molar-refractivity contribution >= 4 is 21.8 Å². The monoisotopic (exact) mass is 443 g/mol. The van der Waals surface area contributed by atoms with Crippen LogP contribution >= 0.6 is 0 Å². The number of carbonyl (C=O) groups excluding carboxylic acids is 2. The molecule has 166 valence electrons. The number of hydrogen-bond acceptors (Lipinski definition) is 4. The number of aryl methyl sites for hydroxylation is 2. The Balaban J connectivity index is 1.61. The lowest BCUT2D eigenvalue weighted by Gasteiger charge is -2.31. The van der Waals surface area contributed by atoms with Gasteiger partial charge in [0.15, 0.2) is 0 Å². The zero-order valence-electron chi connectivity index (χ0n) is 17.9. The first-order chi connectivity index (χ1) is 14.7. The standard InChI is InChI=1S/C23H29N3O4S/c1-16-8-9-21(17(2)14-16)31(29,30)26-12-10-19(11-13-26)23(28)25-20(22(24)27)15-18-6-4-3-5-7-18/h3-9,14,19-20H,10-13,15H2,1-2H3,(H2,24,27)(H,25,28). The van der Waals surface area contributed by atoms with Crippen LogP contribution in [0.2, 0.25) is 0 Å². The van der Waals surface area contributed by atoms with Gasteiger partial charge in [-0.1, -0.05) is 48.0 Å². The lowest BCUT2D eigenvalue weighted by atomic mass is 9.96. The maximum atomic E-state index is 13.0. The molecule has 1 aliphatic heterocycles. The first-order valence-corrected chi connectivity index (χ1v) is 11.8. The summed E-state index contributed by atoms with van der Waals surface area (Å²) in [6, 6.07) is 13.8. The van der Waals surface area contributed by atoms with E-state index < -0.39 is 22.0 Å². The van der Waals surface area contributed by atoms with Gasteiger partial charge >= 0.3 is 0 Å². The Kier molecular flexibility index (Phi) is 7.12. The van der Waals surface area contributed by atoms with E-state index in [4.69, 9.17) is 5.73 Å². The first kappa shape index (κ1) is 23.0. The van der Waals surface area contributed by atoms with E-state index in [0.717, 1.165) is 11.1 Å². The highest BCUT2D eigenvalue weighted by atomic mass is 32.2. The number of nitrogens with one attached hydrogen (secondary N) is 1. The van der Waals surface area contributed by atoms with Gasteiger partial charge in [-0.05, 0) is 43.9 Å². The van der Waals surface area contributed by atoms with Crippen molar-refractivity contribution in [2.24, 2.45) is 11.7 Å². The zero-order chi connectivity index (χ0) is 22.6. The van der Waals surface area contributed by atoms with Crippen molar-refractivity contribution in [1.82, 2.24) is 9.62 Å². The van der Waals surface area contributed by atoms with E-state index in [-0.39, 0.29) is 24.9 Å². The number of piperidine rings is 1. The lowest BCUT2D eigenvalue weighted by molar-refractivity contribution is -0.130. The van der Waals surface area contributed by atoms with E-state index in [2.05, 4.69) is 5.32 Å². The van der Waals surface area contributed by atoms with Gasteiger partial charge in [-0.2, -0.15) is 4.31 Å². The second-order valence-corrected chi connectivity index (χ2v) is 10.0. The number of sulfonamides is 1. The summed E-state index contributed by atoms with van der Waals surface area (Å²) >= 11 is 0. The molecule has 2 aromatic carbocycles. The van der Waals surface area contributed by atoms with E-state index >= 15 is 0 Å². The van der Waals surface area contributed by atoms with Crippen molar-refractivity contribution in [3.8, 4) is 0 Å². The Morgan fingerprint density at radius 2 is 1.74 bits per heavy atom. The molecule has 1 atom stereocenters. The van der Waals surface area contributed by atoms with Gasteiger partial charge in [0.05, 0.1) is 4.90 Å². The van der Waals surface area contributed by atoms with Gasteiger partial charge in [-0.3, -0.25) is 9.59 Å². The molecule has 2 amide bonds. The molecule has 0 spiro atoms. The molecule has 2 aromatic rings. The molecule has 3 rings (SSSR count). The van der Waals surface area contributed by atoms with E-state index in [0.29, 0.717) is 29.7 Å². The summed E-state index contributed by atoms with van der Waals surface area (Å²) in [5, 5.41) is 2.75. The molecule has 1 fully saturated rings. The van der Waals surface area contributed by atoms with Gasteiger partial charge in [0.25, 0.3) is 0 Å². The molecule has 0 bridgehead atoms. The molecule has 1 aliphatic rings. The van der Waals surface area contributed by atoms with Crippen molar-refractivity contribution in [2.75, 3.05) is 13.1 Å². The molecule has 31 heavy (non-hydrogen) atoms. The molecule has 0 saturated carbocycles. The number of benzene rings is 2. The smallest absolute Gasteiger partial charge is 0.243 e. The van der Waals surface area contributed by atoms with Crippen molar-refractivity contribution in [1.29, 1.82) is 0 Å². The second kappa shape index (κ2) is 9.62. The third-order valence-electron chi connectivity index (χ3n) is 5.72. The first-order valence-electron chi connectivity index (χ1n) is 10.4. The van der Waals surface area contributed by atoms with Gasteiger partial charge < -0.3 is 11.1 Å². The minimum atomic E-state index is -3.61. The third kappa shape index (κ3) is 5.51. The highest BCUT2D eigenvalue weighted by Crippen LogP contribution is 2.26.